The summed E-state index contributed by atoms with van der Waals surface area (Å²) in [7, 11) is 0. The Morgan fingerprint density at radius 2 is 1.44 bits per heavy atom. The molecular weight excluding hydrogens is 218 g/mol. The molecule has 0 unspecified atom stereocenters. The molecule has 0 aliphatic rings. The largest absolute Gasteiger partial charge is 0.384 e. The first-order valence-corrected chi connectivity index (χ1v) is 6.45. The van der Waals surface area contributed by atoms with Crippen molar-refractivity contribution in [3.63, 3.8) is 0 Å². The van der Waals surface area contributed by atoms with Gasteiger partial charge in [0.05, 0.1) is 0 Å². The van der Waals surface area contributed by atoms with Crippen LogP contribution in [0.5, 0.6) is 0 Å². The monoisotopic (exact) mass is 239 g/mol. The number of benzene rings is 2. The van der Waals surface area contributed by atoms with Crippen LogP contribution in [-0.2, 0) is 0 Å². The third-order valence-corrected chi connectivity index (χ3v) is 2.82. The summed E-state index contributed by atoms with van der Waals surface area (Å²) in [5.41, 5.74) is 4.01. The van der Waals surface area contributed by atoms with E-state index < -0.39 is 0 Å². The normalized spacial score (nSPS) is 11.3. The van der Waals surface area contributed by atoms with E-state index in [1.807, 2.05) is 0 Å². The Balaban J connectivity index is 2.27. The molecule has 0 radical (unpaired) electrons. The van der Waals surface area contributed by atoms with Gasteiger partial charge < -0.3 is 5.32 Å². The minimum absolute atomic E-state index is 0.282. The van der Waals surface area contributed by atoms with Crippen LogP contribution in [0.3, 0.4) is 0 Å². The van der Waals surface area contributed by atoms with E-state index >= 15 is 0 Å². The average Bonchev–Trinajstić information content (AvgIpc) is 2.37. The van der Waals surface area contributed by atoms with Gasteiger partial charge in [0.25, 0.3) is 0 Å². The molecule has 0 aliphatic carbocycles. The molecule has 0 spiro atoms. The SMILES string of the molecule is CC(C)(C)CNc1ccccc1-c1ccccc1. The number of hydrogen-bond donors (Lipinski definition) is 1. The summed E-state index contributed by atoms with van der Waals surface area (Å²) in [5.74, 6) is 0. The van der Waals surface area contributed by atoms with Crippen molar-refractivity contribution in [2.45, 2.75) is 20.8 Å². The first-order chi connectivity index (χ1) is 8.56. The molecule has 1 nitrogen and oxygen atoms in total. The number of nitrogens with one attached hydrogen (secondary N) is 1. The van der Waals surface area contributed by atoms with E-state index in [0.717, 1.165) is 6.54 Å². The van der Waals surface area contributed by atoms with Crippen LogP contribution in [0.1, 0.15) is 20.8 Å². The first kappa shape index (κ1) is 12.7. The van der Waals surface area contributed by atoms with Gasteiger partial charge in [-0.15, -0.1) is 0 Å². The molecule has 0 bridgehead atoms. The third kappa shape index (κ3) is 3.36. The minimum atomic E-state index is 0.282. The van der Waals surface area contributed by atoms with Crippen LogP contribution < -0.4 is 5.32 Å². The lowest BCUT2D eigenvalue weighted by molar-refractivity contribution is 0.443. The Labute approximate surface area is 110 Å². The molecule has 2 aromatic rings. The van der Waals surface area contributed by atoms with Crippen molar-refractivity contribution < 1.29 is 0 Å². The Bertz CT molecular complexity index is 495. The van der Waals surface area contributed by atoms with E-state index in [-0.39, 0.29) is 5.41 Å². The Morgan fingerprint density at radius 1 is 0.833 bits per heavy atom. The van der Waals surface area contributed by atoms with Crippen molar-refractivity contribution in [2.24, 2.45) is 5.41 Å². The van der Waals surface area contributed by atoms with Gasteiger partial charge in [0, 0.05) is 17.8 Å². The standard InChI is InChI=1S/C17H21N/c1-17(2,3)13-18-16-12-8-7-11-15(16)14-9-5-4-6-10-14/h4-12,18H,13H2,1-3H3. The van der Waals surface area contributed by atoms with Crippen molar-refractivity contribution in [3.8, 4) is 11.1 Å². The summed E-state index contributed by atoms with van der Waals surface area (Å²) in [5, 5.41) is 3.55. The van der Waals surface area contributed by atoms with Gasteiger partial charge in [0.1, 0.15) is 0 Å². The smallest absolute Gasteiger partial charge is 0.0420 e. The van der Waals surface area contributed by atoms with Crippen LogP contribution in [-0.4, -0.2) is 6.54 Å². The van der Waals surface area contributed by atoms with Crippen LogP contribution in [0.2, 0.25) is 0 Å². The molecule has 0 atom stereocenters. The molecule has 2 aromatic carbocycles. The summed E-state index contributed by atoms with van der Waals surface area (Å²) in [6.07, 6.45) is 0. The molecule has 0 aromatic heterocycles. The number of rotatable bonds is 3. The van der Waals surface area contributed by atoms with Crippen LogP contribution in [0.25, 0.3) is 11.1 Å². The molecule has 0 saturated heterocycles. The summed E-state index contributed by atoms with van der Waals surface area (Å²) in [4.78, 5) is 0. The second-order valence-electron chi connectivity index (χ2n) is 5.83. The molecule has 18 heavy (non-hydrogen) atoms. The van der Waals surface area contributed by atoms with E-state index in [2.05, 4.69) is 80.7 Å². The maximum absolute atomic E-state index is 3.55. The van der Waals surface area contributed by atoms with Crippen LogP contribution in [0, 0.1) is 5.41 Å². The zero-order valence-corrected chi connectivity index (χ0v) is 11.4. The minimum Gasteiger partial charge on any atom is -0.384 e. The molecule has 0 aliphatic heterocycles. The highest BCUT2D eigenvalue weighted by atomic mass is 14.9. The topological polar surface area (TPSA) is 12.0 Å². The highest BCUT2D eigenvalue weighted by Crippen LogP contribution is 2.28. The molecule has 0 amide bonds. The van der Waals surface area contributed by atoms with Crippen molar-refractivity contribution in [1.82, 2.24) is 0 Å². The number of anilines is 1. The lowest BCUT2D eigenvalue weighted by Gasteiger charge is -2.21. The van der Waals surface area contributed by atoms with Gasteiger partial charge in [0.15, 0.2) is 0 Å². The summed E-state index contributed by atoms with van der Waals surface area (Å²) >= 11 is 0. The van der Waals surface area contributed by atoms with Gasteiger partial charge in [-0.2, -0.15) is 0 Å². The molecular formula is C17H21N. The fourth-order valence-corrected chi connectivity index (χ4v) is 1.87. The van der Waals surface area contributed by atoms with Crippen molar-refractivity contribution in [1.29, 1.82) is 0 Å². The lowest BCUT2D eigenvalue weighted by Crippen LogP contribution is -2.19. The predicted octanol–water partition coefficient (Wildman–Crippen LogP) is 4.81. The van der Waals surface area contributed by atoms with Gasteiger partial charge >= 0.3 is 0 Å². The molecule has 1 heteroatoms. The Morgan fingerprint density at radius 3 is 2.11 bits per heavy atom. The van der Waals surface area contributed by atoms with E-state index in [0.29, 0.717) is 0 Å². The Kier molecular flexibility index (Phi) is 3.71. The molecule has 2 rings (SSSR count). The first-order valence-electron chi connectivity index (χ1n) is 6.45. The summed E-state index contributed by atoms with van der Waals surface area (Å²) < 4.78 is 0. The number of para-hydroxylation sites is 1. The van der Waals surface area contributed by atoms with Gasteiger partial charge in [-0.1, -0.05) is 69.3 Å². The molecule has 0 heterocycles. The molecule has 0 saturated carbocycles. The van der Waals surface area contributed by atoms with Gasteiger partial charge in [-0.05, 0) is 17.0 Å². The van der Waals surface area contributed by atoms with Crippen molar-refractivity contribution in [2.75, 3.05) is 11.9 Å². The predicted molar refractivity (Wildman–Crippen MR) is 79.8 cm³/mol. The lowest BCUT2D eigenvalue weighted by atomic mass is 9.96. The van der Waals surface area contributed by atoms with Gasteiger partial charge in [0.2, 0.25) is 0 Å². The van der Waals surface area contributed by atoms with Crippen LogP contribution in [0.4, 0.5) is 5.69 Å². The van der Waals surface area contributed by atoms with E-state index in [9.17, 15) is 0 Å². The van der Waals surface area contributed by atoms with Gasteiger partial charge in [-0.3, -0.25) is 0 Å². The zero-order valence-electron chi connectivity index (χ0n) is 11.4. The quantitative estimate of drug-likeness (QED) is 0.810. The zero-order chi connectivity index (χ0) is 13.0. The Hall–Kier alpha value is -1.76. The van der Waals surface area contributed by atoms with E-state index in [1.165, 1.54) is 16.8 Å². The molecule has 0 fully saturated rings. The second-order valence-corrected chi connectivity index (χ2v) is 5.83. The fourth-order valence-electron chi connectivity index (χ4n) is 1.87. The maximum Gasteiger partial charge on any atom is 0.0420 e. The fraction of sp³-hybridized carbons (Fsp3) is 0.294. The number of hydrogen-bond acceptors (Lipinski definition) is 1. The summed E-state index contributed by atoms with van der Waals surface area (Å²) in [6, 6.07) is 19.0. The molecule has 94 valence electrons. The summed E-state index contributed by atoms with van der Waals surface area (Å²) in [6.45, 7) is 7.69. The third-order valence-electron chi connectivity index (χ3n) is 2.82. The van der Waals surface area contributed by atoms with Crippen LogP contribution >= 0.6 is 0 Å². The van der Waals surface area contributed by atoms with Crippen molar-refractivity contribution in [3.05, 3.63) is 54.6 Å². The molecule has 1 N–H and O–H groups in total. The van der Waals surface area contributed by atoms with Crippen LogP contribution in [0.15, 0.2) is 54.6 Å². The second kappa shape index (κ2) is 5.26. The van der Waals surface area contributed by atoms with E-state index in [1.54, 1.807) is 0 Å². The highest BCUT2D eigenvalue weighted by molar-refractivity contribution is 5.77. The average molecular weight is 239 g/mol. The maximum atomic E-state index is 3.55. The highest BCUT2D eigenvalue weighted by Gasteiger charge is 2.11. The van der Waals surface area contributed by atoms with E-state index in [4.69, 9.17) is 0 Å². The van der Waals surface area contributed by atoms with Gasteiger partial charge in [-0.25, -0.2) is 0 Å². The van der Waals surface area contributed by atoms with Crippen molar-refractivity contribution >= 4 is 5.69 Å².